The van der Waals surface area contributed by atoms with Crippen molar-refractivity contribution in [2.24, 2.45) is 4.99 Å². The lowest BCUT2D eigenvalue weighted by molar-refractivity contribution is 0.0884. The molecule has 0 amide bonds. The van der Waals surface area contributed by atoms with E-state index in [0.29, 0.717) is 16.4 Å². The fourth-order valence-corrected chi connectivity index (χ4v) is 2.69. The summed E-state index contributed by atoms with van der Waals surface area (Å²) in [5.41, 5.74) is 1.95. The molecule has 0 saturated heterocycles. The van der Waals surface area contributed by atoms with Gasteiger partial charge in [0.05, 0.1) is 17.2 Å². The van der Waals surface area contributed by atoms with Crippen LogP contribution in [0.3, 0.4) is 0 Å². The first kappa shape index (κ1) is 16.8. The fraction of sp³-hybridized carbons (Fsp3) is 0.263. The van der Waals surface area contributed by atoms with Gasteiger partial charge >= 0.3 is 0 Å². The maximum atomic E-state index is 12.7. The molecule has 0 bridgehead atoms. The molecule has 3 aromatic rings. The molecule has 6 nitrogen and oxygen atoms in total. The zero-order chi connectivity index (χ0) is 18.0. The van der Waals surface area contributed by atoms with Crippen LogP contribution in [0.5, 0.6) is 0 Å². The Labute approximate surface area is 145 Å². The fourth-order valence-electron chi connectivity index (χ4n) is 2.69. The molecule has 2 aromatic heterocycles. The topological polar surface area (TPSA) is 69.2 Å². The van der Waals surface area contributed by atoms with Gasteiger partial charge in [-0.15, -0.1) is 0 Å². The summed E-state index contributed by atoms with van der Waals surface area (Å²) in [5.74, 6) is -0.240. The third-order valence-electron chi connectivity index (χ3n) is 3.86. The van der Waals surface area contributed by atoms with Crippen LogP contribution in [-0.2, 0) is 6.54 Å². The summed E-state index contributed by atoms with van der Waals surface area (Å²) in [7, 11) is 0. The van der Waals surface area contributed by atoms with E-state index in [9.17, 15) is 9.59 Å². The van der Waals surface area contributed by atoms with Crippen LogP contribution in [0, 0.1) is 6.92 Å². The molecule has 0 atom stereocenters. The first-order chi connectivity index (χ1) is 12.0. The maximum absolute atomic E-state index is 12.7. The number of benzene rings is 1. The van der Waals surface area contributed by atoms with Crippen molar-refractivity contribution in [1.82, 2.24) is 14.1 Å². The van der Waals surface area contributed by atoms with Gasteiger partial charge < -0.3 is 0 Å². The van der Waals surface area contributed by atoms with Crippen LogP contribution in [0.25, 0.3) is 10.9 Å². The number of pyridine rings is 1. The summed E-state index contributed by atoms with van der Waals surface area (Å²) in [4.78, 5) is 34.1. The number of aromatic nitrogens is 3. The van der Waals surface area contributed by atoms with Crippen LogP contribution in [0.4, 0.5) is 0 Å². The van der Waals surface area contributed by atoms with Crippen molar-refractivity contribution in [3.8, 4) is 0 Å². The summed E-state index contributed by atoms with van der Waals surface area (Å²) < 4.78 is 2.80. The number of para-hydroxylation sites is 1. The standard InChI is InChI=1S/C19H20N4O2/c1-13(2)21-16-9-4-5-10-23(16)17(24)11-22-12-20-18-14(3)7-6-8-15(18)19(22)25/h4-10,12-13H,11H2,1-3H3. The van der Waals surface area contributed by atoms with Gasteiger partial charge in [-0.25, -0.2) is 4.98 Å². The van der Waals surface area contributed by atoms with Crippen molar-refractivity contribution in [2.45, 2.75) is 33.4 Å². The summed E-state index contributed by atoms with van der Waals surface area (Å²) in [6, 6.07) is 10.9. The lowest BCUT2D eigenvalue weighted by Gasteiger charge is -2.10. The molecule has 6 heteroatoms. The normalized spacial score (nSPS) is 12.1. The Hall–Kier alpha value is -3.02. The molecule has 0 aliphatic rings. The van der Waals surface area contributed by atoms with Crippen molar-refractivity contribution >= 4 is 16.8 Å². The Morgan fingerprint density at radius 1 is 1.20 bits per heavy atom. The van der Waals surface area contributed by atoms with E-state index in [1.54, 1.807) is 24.4 Å². The molecule has 0 aliphatic carbocycles. The molecule has 0 fully saturated rings. The van der Waals surface area contributed by atoms with E-state index in [1.165, 1.54) is 15.5 Å². The molecule has 2 heterocycles. The third kappa shape index (κ3) is 3.42. The van der Waals surface area contributed by atoms with E-state index < -0.39 is 0 Å². The highest BCUT2D eigenvalue weighted by Gasteiger charge is 2.11. The quantitative estimate of drug-likeness (QED) is 0.736. The molecule has 3 rings (SSSR count). The number of nitrogens with zero attached hydrogens (tertiary/aromatic N) is 4. The van der Waals surface area contributed by atoms with Gasteiger partial charge in [-0.1, -0.05) is 18.2 Å². The van der Waals surface area contributed by atoms with Crippen LogP contribution < -0.4 is 11.0 Å². The van der Waals surface area contributed by atoms with E-state index >= 15 is 0 Å². The third-order valence-corrected chi connectivity index (χ3v) is 3.86. The van der Waals surface area contributed by atoms with Gasteiger partial charge in [-0.05, 0) is 44.5 Å². The highest BCUT2D eigenvalue weighted by Crippen LogP contribution is 2.11. The van der Waals surface area contributed by atoms with Crippen molar-refractivity contribution in [1.29, 1.82) is 0 Å². The molecular weight excluding hydrogens is 316 g/mol. The minimum Gasteiger partial charge on any atom is -0.289 e. The first-order valence-corrected chi connectivity index (χ1v) is 8.17. The Bertz CT molecular complexity index is 1060. The van der Waals surface area contributed by atoms with Gasteiger partial charge in [-0.2, -0.15) is 0 Å². The number of carbonyl (C=O) groups is 1. The average Bonchev–Trinajstić information content (AvgIpc) is 2.58. The lowest BCUT2D eigenvalue weighted by Crippen LogP contribution is -2.33. The number of rotatable bonds is 3. The first-order valence-electron chi connectivity index (χ1n) is 8.17. The second-order valence-electron chi connectivity index (χ2n) is 6.19. The van der Waals surface area contributed by atoms with E-state index in [1.807, 2.05) is 39.0 Å². The summed E-state index contributed by atoms with van der Waals surface area (Å²) >= 11 is 0. The second kappa shape index (κ2) is 6.84. The Morgan fingerprint density at radius 3 is 2.76 bits per heavy atom. The Balaban J connectivity index is 2.02. The van der Waals surface area contributed by atoms with Crippen LogP contribution in [0.2, 0.25) is 0 Å². The van der Waals surface area contributed by atoms with Gasteiger partial charge in [0.1, 0.15) is 12.0 Å². The second-order valence-corrected chi connectivity index (χ2v) is 6.19. The molecule has 0 aliphatic heterocycles. The smallest absolute Gasteiger partial charge is 0.261 e. The number of fused-ring (bicyclic) bond motifs is 1. The van der Waals surface area contributed by atoms with Crippen LogP contribution in [0.15, 0.2) is 58.7 Å². The molecule has 0 spiro atoms. The lowest BCUT2D eigenvalue weighted by atomic mass is 10.1. The van der Waals surface area contributed by atoms with Crippen molar-refractivity contribution in [3.63, 3.8) is 0 Å². The van der Waals surface area contributed by atoms with Crippen molar-refractivity contribution in [2.75, 3.05) is 0 Å². The van der Waals surface area contributed by atoms with Crippen LogP contribution in [0.1, 0.15) is 24.2 Å². The minimum atomic E-state index is -0.240. The van der Waals surface area contributed by atoms with Gasteiger partial charge in [0.25, 0.3) is 11.5 Å². The SMILES string of the molecule is Cc1cccc2c(=O)n(CC(=O)n3ccccc3=NC(C)C)cnc12. The Kier molecular flexibility index (Phi) is 4.61. The number of hydrogen-bond acceptors (Lipinski definition) is 4. The molecule has 0 N–H and O–H groups in total. The van der Waals surface area contributed by atoms with Gasteiger partial charge in [-0.3, -0.25) is 23.7 Å². The molecule has 1 aromatic carbocycles. The highest BCUT2D eigenvalue weighted by atomic mass is 16.2. The molecular formula is C19H20N4O2. The molecule has 0 radical (unpaired) electrons. The zero-order valence-corrected chi connectivity index (χ0v) is 14.5. The van der Waals surface area contributed by atoms with Crippen LogP contribution in [-0.4, -0.2) is 26.1 Å². The minimum absolute atomic E-state index is 0.0643. The van der Waals surface area contributed by atoms with E-state index in [0.717, 1.165) is 5.56 Å². The Morgan fingerprint density at radius 2 is 2.00 bits per heavy atom. The predicted octanol–water partition coefficient (Wildman–Crippen LogP) is 2.16. The number of carbonyl (C=O) groups excluding carboxylic acids is 1. The van der Waals surface area contributed by atoms with E-state index in [4.69, 9.17) is 0 Å². The van der Waals surface area contributed by atoms with Gasteiger partial charge in [0.15, 0.2) is 0 Å². The summed E-state index contributed by atoms with van der Waals surface area (Å²) in [5, 5.41) is 0.514. The van der Waals surface area contributed by atoms with Gasteiger partial charge in [0, 0.05) is 12.2 Å². The number of aryl methyl sites for hydroxylation is 1. The van der Waals surface area contributed by atoms with Crippen molar-refractivity contribution < 1.29 is 4.79 Å². The maximum Gasteiger partial charge on any atom is 0.261 e. The van der Waals surface area contributed by atoms with Crippen LogP contribution >= 0.6 is 0 Å². The molecule has 0 unspecified atom stereocenters. The van der Waals surface area contributed by atoms with E-state index in [-0.39, 0.29) is 24.1 Å². The average molecular weight is 336 g/mol. The zero-order valence-electron chi connectivity index (χ0n) is 14.5. The monoisotopic (exact) mass is 336 g/mol. The highest BCUT2D eigenvalue weighted by molar-refractivity contribution is 5.81. The predicted molar refractivity (Wildman–Crippen MR) is 96.5 cm³/mol. The summed E-state index contributed by atoms with van der Waals surface area (Å²) in [6.07, 6.45) is 3.09. The number of hydrogen-bond donors (Lipinski definition) is 0. The van der Waals surface area contributed by atoms with Gasteiger partial charge in [0.2, 0.25) is 0 Å². The van der Waals surface area contributed by atoms with Crippen molar-refractivity contribution in [3.05, 3.63) is 70.3 Å². The van der Waals surface area contributed by atoms with E-state index in [2.05, 4.69) is 9.98 Å². The molecule has 25 heavy (non-hydrogen) atoms. The summed E-state index contributed by atoms with van der Waals surface area (Å²) in [6.45, 7) is 5.71. The molecule has 128 valence electrons. The molecule has 0 saturated carbocycles. The largest absolute Gasteiger partial charge is 0.289 e.